The Labute approximate surface area is 162 Å². The van der Waals surface area contributed by atoms with Gasteiger partial charge in [-0.05, 0) is 48.9 Å². The monoisotopic (exact) mass is 379 g/mol. The maximum Gasteiger partial charge on any atom is 0.277 e. The van der Waals surface area contributed by atoms with E-state index in [0.717, 1.165) is 30.4 Å². The highest BCUT2D eigenvalue weighted by atomic mass is 32.2. The largest absolute Gasteiger partial charge is 0.411 e. The molecule has 4 rings (SSSR count). The van der Waals surface area contributed by atoms with Gasteiger partial charge in [0.05, 0.1) is 11.8 Å². The first-order valence-electron chi connectivity index (χ1n) is 9.10. The molecule has 0 aliphatic heterocycles. The molecule has 5 nitrogen and oxygen atoms in total. The second-order valence-corrected chi connectivity index (χ2v) is 7.61. The van der Waals surface area contributed by atoms with Crippen molar-refractivity contribution in [1.82, 2.24) is 15.5 Å². The van der Waals surface area contributed by atoms with Gasteiger partial charge in [0.2, 0.25) is 11.8 Å². The van der Waals surface area contributed by atoms with Crippen LogP contribution in [0.4, 0.5) is 0 Å². The number of thioether (sulfide) groups is 1. The molecule has 3 aromatic rings. The lowest BCUT2D eigenvalue weighted by Crippen LogP contribution is -2.32. The van der Waals surface area contributed by atoms with Crippen molar-refractivity contribution in [2.75, 3.05) is 5.75 Å². The molecule has 6 heteroatoms. The topological polar surface area (TPSA) is 68.0 Å². The zero-order valence-corrected chi connectivity index (χ0v) is 16.0. The summed E-state index contributed by atoms with van der Waals surface area (Å²) >= 11 is 1.27. The van der Waals surface area contributed by atoms with E-state index in [9.17, 15) is 4.79 Å². The first-order valence-corrected chi connectivity index (χ1v) is 10.1. The van der Waals surface area contributed by atoms with Gasteiger partial charge in [-0.2, -0.15) is 0 Å². The number of hydrogen-bond acceptors (Lipinski definition) is 5. The van der Waals surface area contributed by atoms with E-state index in [0.29, 0.717) is 11.1 Å². The number of carbonyl (C=O) groups excluding carboxylic acids is 1. The number of hydrogen-bond donors (Lipinski definition) is 1. The van der Waals surface area contributed by atoms with Gasteiger partial charge in [-0.1, -0.05) is 54.2 Å². The summed E-state index contributed by atoms with van der Waals surface area (Å²) in [5.41, 5.74) is 4.56. The van der Waals surface area contributed by atoms with Gasteiger partial charge in [0.15, 0.2) is 0 Å². The average molecular weight is 379 g/mol. The predicted octanol–water partition coefficient (Wildman–Crippen LogP) is 4.33. The molecule has 1 atom stereocenters. The number of rotatable bonds is 5. The summed E-state index contributed by atoms with van der Waals surface area (Å²) in [5, 5.41) is 11.7. The standard InChI is InChI=1S/C21H21N3O2S/c1-14-7-2-4-10-16(14)20-23-24-21(26-20)27-13-19(25)22-18-12-6-9-15-8-3-5-11-17(15)18/h2-5,7-8,10-11,18H,6,9,12-13H2,1H3,(H,22,25)/t18-/m0/s1. The van der Waals surface area contributed by atoms with Crippen LogP contribution in [0.3, 0.4) is 0 Å². The van der Waals surface area contributed by atoms with E-state index in [1.165, 1.54) is 22.9 Å². The highest BCUT2D eigenvalue weighted by molar-refractivity contribution is 7.99. The quantitative estimate of drug-likeness (QED) is 0.668. The summed E-state index contributed by atoms with van der Waals surface area (Å²) in [6, 6.07) is 16.3. The van der Waals surface area contributed by atoms with Crippen molar-refractivity contribution >= 4 is 17.7 Å². The number of carbonyl (C=O) groups is 1. The van der Waals surface area contributed by atoms with Crippen molar-refractivity contribution in [1.29, 1.82) is 0 Å². The lowest BCUT2D eigenvalue weighted by Gasteiger charge is -2.26. The zero-order chi connectivity index (χ0) is 18.6. The van der Waals surface area contributed by atoms with Crippen LogP contribution >= 0.6 is 11.8 Å². The number of amides is 1. The minimum absolute atomic E-state index is 0.0163. The lowest BCUT2D eigenvalue weighted by molar-refractivity contribution is -0.119. The molecule has 0 unspecified atom stereocenters. The molecule has 0 saturated heterocycles. The maximum absolute atomic E-state index is 12.4. The third kappa shape index (κ3) is 4.06. The van der Waals surface area contributed by atoms with Gasteiger partial charge in [-0.15, -0.1) is 10.2 Å². The van der Waals surface area contributed by atoms with Crippen LogP contribution in [-0.2, 0) is 11.2 Å². The number of benzene rings is 2. The van der Waals surface area contributed by atoms with E-state index in [1.54, 1.807) is 0 Å². The average Bonchev–Trinajstić information content (AvgIpc) is 3.16. The minimum atomic E-state index is -0.0163. The van der Waals surface area contributed by atoms with Gasteiger partial charge in [-0.3, -0.25) is 4.79 Å². The summed E-state index contributed by atoms with van der Waals surface area (Å²) in [4.78, 5) is 12.4. The number of nitrogens with one attached hydrogen (secondary N) is 1. The summed E-state index contributed by atoms with van der Waals surface area (Å²) in [7, 11) is 0. The van der Waals surface area contributed by atoms with Crippen molar-refractivity contribution in [2.24, 2.45) is 0 Å². The van der Waals surface area contributed by atoms with E-state index >= 15 is 0 Å². The predicted molar refractivity (Wildman–Crippen MR) is 105 cm³/mol. The number of aromatic nitrogens is 2. The second-order valence-electron chi connectivity index (χ2n) is 6.69. The Kier molecular flexibility index (Phi) is 5.25. The SMILES string of the molecule is Cc1ccccc1-c1nnc(SCC(=O)N[C@H]2CCCc3ccccc32)o1. The molecule has 1 amide bonds. The molecule has 1 aromatic heterocycles. The van der Waals surface area contributed by atoms with Crippen molar-refractivity contribution in [3.05, 3.63) is 65.2 Å². The van der Waals surface area contributed by atoms with E-state index in [1.807, 2.05) is 37.3 Å². The van der Waals surface area contributed by atoms with Crippen LogP contribution in [-0.4, -0.2) is 21.9 Å². The Hall–Kier alpha value is -2.60. The molecule has 0 spiro atoms. The molecule has 1 aliphatic carbocycles. The Bertz CT molecular complexity index is 954. The fraction of sp³-hybridized carbons (Fsp3) is 0.286. The number of aryl methyl sites for hydroxylation is 2. The molecule has 0 radical (unpaired) electrons. The van der Waals surface area contributed by atoms with Crippen LogP contribution in [0.1, 0.15) is 35.6 Å². The summed E-state index contributed by atoms with van der Waals surface area (Å²) < 4.78 is 5.71. The molecule has 138 valence electrons. The first kappa shape index (κ1) is 17.8. The van der Waals surface area contributed by atoms with Crippen LogP contribution in [0.5, 0.6) is 0 Å². The fourth-order valence-electron chi connectivity index (χ4n) is 3.46. The first-order chi connectivity index (χ1) is 13.2. The Balaban J connectivity index is 1.36. The zero-order valence-electron chi connectivity index (χ0n) is 15.1. The molecule has 2 aromatic carbocycles. The summed E-state index contributed by atoms with van der Waals surface area (Å²) in [6.45, 7) is 2.00. The maximum atomic E-state index is 12.4. The molecule has 27 heavy (non-hydrogen) atoms. The van der Waals surface area contributed by atoms with Crippen LogP contribution in [0.2, 0.25) is 0 Å². The number of fused-ring (bicyclic) bond motifs is 1. The Morgan fingerprint density at radius 1 is 1.19 bits per heavy atom. The molecule has 1 heterocycles. The summed E-state index contributed by atoms with van der Waals surface area (Å²) in [5.74, 6) is 0.725. The van der Waals surface area contributed by atoms with E-state index in [-0.39, 0.29) is 17.7 Å². The van der Waals surface area contributed by atoms with Gasteiger partial charge >= 0.3 is 0 Å². The van der Waals surface area contributed by atoms with Crippen LogP contribution in [0, 0.1) is 6.92 Å². The molecule has 1 aliphatic rings. The molecule has 0 saturated carbocycles. The third-order valence-electron chi connectivity index (χ3n) is 4.81. The summed E-state index contributed by atoms with van der Waals surface area (Å²) in [6.07, 6.45) is 3.16. The van der Waals surface area contributed by atoms with E-state index in [2.05, 4.69) is 33.7 Å². The highest BCUT2D eigenvalue weighted by Crippen LogP contribution is 2.30. The van der Waals surface area contributed by atoms with Crippen molar-refractivity contribution < 1.29 is 9.21 Å². The van der Waals surface area contributed by atoms with Gasteiger partial charge in [0.25, 0.3) is 5.22 Å². The van der Waals surface area contributed by atoms with Gasteiger partial charge in [0, 0.05) is 5.56 Å². The van der Waals surface area contributed by atoms with Crippen LogP contribution in [0.25, 0.3) is 11.5 Å². The third-order valence-corrected chi connectivity index (χ3v) is 5.63. The molecular formula is C21H21N3O2S. The van der Waals surface area contributed by atoms with Crippen molar-refractivity contribution in [3.8, 4) is 11.5 Å². The van der Waals surface area contributed by atoms with E-state index in [4.69, 9.17) is 4.42 Å². The van der Waals surface area contributed by atoms with Gasteiger partial charge < -0.3 is 9.73 Å². The molecule has 0 bridgehead atoms. The molecule has 1 N–H and O–H groups in total. The fourth-order valence-corrected chi connectivity index (χ4v) is 4.03. The second kappa shape index (κ2) is 7.96. The Morgan fingerprint density at radius 3 is 2.89 bits per heavy atom. The lowest BCUT2D eigenvalue weighted by atomic mass is 9.88. The van der Waals surface area contributed by atoms with Crippen LogP contribution in [0.15, 0.2) is 58.2 Å². The normalized spacial score (nSPS) is 16.0. The van der Waals surface area contributed by atoms with Gasteiger partial charge in [-0.25, -0.2) is 0 Å². The smallest absolute Gasteiger partial charge is 0.277 e. The highest BCUT2D eigenvalue weighted by Gasteiger charge is 2.21. The van der Waals surface area contributed by atoms with Gasteiger partial charge in [0.1, 0.15) is 0 Å². The number of nitrogens with zero attached hydrogens (tertiary/aromatic N) is 2. The van der Waals surface area contributed by atoms with Crippen LogP contribution < -0.4 is 5.32 Å². The van der Waals surface area contributed by atoms with Crippen molar-refractivity contribution in [2.45, 2.75) is 37.5 Å². The molecular weight excluding hydrogens is 358 g/mol. The Morgan fingerprint density at radius 2 is 2.00 bits per heavy atom. The molecule has 0 fully saturated rings. The minimum Gasteiger partial charge on any atom is -0.411 e. The van der Waals surface area contributed by atoms with Crippen molar-refractivity contribution in [3.63, 3.8) is 0 Å². The van der Waals surface area contributed by atoms with E-state index < -0.39 is 0 Å².